The molecule has 3 amide bonds. The van der Waals surface area contributed by atoms with Gasteiger partial charge in [0.15, 0.2) is 15.5 Å². The molecule has 18 nitrogen and oxygen atoms in total. The number of aromatic nitrogens is 6. The summed E-state index contributed by atoms with van der Waals surface area (Å²) in [5, 5.41) is -0.428. The van der Waals surface area contributed by atoms with Crippen LogP contribution in [0.2, 0.25) is 0 Å². The van der Waals surface area contributed by atoms with Gasteiger partial charge in [0.25, 0.3) is 16.7 Å². The van der Waals surface area contributed by atoms with Crippen molar-refractivity contribution in [3.63, 3.8) is 0 Å². The third kappa shape index (κ3) is 29.3. The summed E-state index contributed by atoms with van der Waals surface area (Å²) in [6.45, 7) is 11.0. The number of amides is 3. The minimum absolute atomic E-state index is 0.0380. The van der Waals surface area contributed by atoms with Crippen LogP contribution in [-0.4, -0.2) is 167 Å². The van der Waals surface area contributed by atoms with Gasteiger partial charge in [0.2, 0.25) is 17.7 Å². The molecule has 766 valence electrons. The number of carbonyl (C=O) groups excluding carboxylic acids is 3. The molecule has 7 aromatic carbocycles. The Kier molecular flexibility index (Phi) is 26.8. The Balaban J connectivity index is 0.000000212. The highest BCUT2D eigenvalue weighted by Crippen LogP contribution is 2.42. The van der Waals surface area contributed by atoms with Crippen LogP contribution in [0.15, 0.2) is 246 Å². The molecule has 5 aliphatic rings. The van der Waals surface area contributed by atoms with Crippen molar-refractivity contribution in [1.29, 1.82) is 0 Å². The number of fused-ring (bicyclic) bond motifs is 3. The van der Waals surface area contributed by atoms with Gasteiger partial charge < -0.3 is 43.1 Å². The zero-order valence-electron chi connectivity index (χ0n) is 109. The van der Waals surface area contributed by atoms with E-state index in [4.69, 9.17) is 32.9 Å². The summed E-state index contributed by atoms with van der Waals surface area (Å²) in [6, 6.07) is 6.46. The van der Waals surface area contributed by atoms with Crippen molar-refractivity contribution in [3.8, 4) is 22.3 Å². The molecular formula is C111H124F12N12O6S3. The van der Waals surface area contributed by atoms with Crippen LogP contribution in [0.4, 0.5) is 52.7 Å². The van der Waals surface area contributed by atoms with Crippen molar-refractivity contribution in [2.75, 3.05) is 85.0 Å². The van der Waals surface area contributed by atoms with Gasteiger partial charge in [0, 0.05) is 120 Å². The van der Waals surface area contributed by atoms with E-state index in [0.29, 0.717) is 146 Å². The van der Waals surface area contributed by atoms with Crippen LogP contribution >= 0.6 is 35.3 Å². The molecular weight excluding hydrogens is 1920 g/mol. The minimum atomic E-state index is -5.06. The predicted octanol–water partition coefficient (Wildman–Crippen LogP) is 22.7. The van der Waals surface area contributed by atoms with Crippen LogP contribution in [0, 0.1) is 29.3 Å². The maximum Gasteiger partial charge on any atom is 0.416 e. The van der Waals surface area contributed by atoms with E-state index in [2.05, 4.69) is 19.9 Å². The van der Waals surface area contributed by atoms with E-state index in [1.165, 1.54) is 58.0 Å². The fourth-order valence-electron chi connectivity index (χ4n) is 16.2. The molecule has 5 aliphatic carbocycles. The van der Waals surface area contributed by atoms with Crippen molar-refractivity contribution in [2.45, 2.75) is 216 Å². The first-order valence-corrected chi connectivity index (χ1v) is 49.4. The van der Waals surface area contributed by atoms with Crippen molar-refractivity contribution < 1.29 is 107 Å². The summed E-state index contributed by atoms with van der Waals surface area (Å²) in [4.78, 5) is 105. The summed E-state index contributed by atoms with van der Waals surface area (Å²) in [5.74, 6) is -11.8. The quantitative estimate of drug-likeness (QED) is 0.0202. The zero-order valence-corrected chi connectivity index (χ0v) is 82.5. The molecule has 0 saturated carbocycles. The van der Waals surface area contributed by atoms with Crippen LogP contribution in [0.3, 0.4) is 0 Å². The highest BCUT2D eigenvalue weighted by Gasteiger charge is 2.40. The number of hydrogen-bond donors (Lipinski definition) is 0. The molecule has 0 fully saturated rings. The molecule has 144 heavy (non-hydrogen) atoms. The monoisotopic (exact) mass is 2070 g/mol. The first kappa shape index (κ1) is 76.2. The first-order chi connectivity index (χ1) is 80.6. The summed E-state index contributed by atoms with van der Waals surface area (Å²) >= 11 is 2.28. The molecule has 3 aromatic heterocycles. The van der Waals surface area contributed by atoms with Gasteiger partial charge in [0.05, 0.1) is 45.9 Å². The summed E-state index contributed by atoms with van der Waals surface area (Å²) in [6.07, 6.45) is -23.3. The van der Waals surface area contributed by atoms with Gasteiger partial charge in [-0.05, 0) is 250 Å². The van der Waals surface area contributed by atoms with Crippen molar-refractivity contribution in [1.82, 2.24) is 58.1 Å². The predicted molar refractivity (Wildman–Crippen MR) is 545 cm³/mol. The Morgan fingerprint density at radius 1 is 0.444 bits per heavy atom. The normalized spacial score (nSPS) is 21.6. The van der Waals surface area contributed by atoms with Crippen molar-refractivity contribution in [2.24, 2.45) is 11.8 Å². The average Bonchev–Trinajstić information content (AvgIpc) is 1.52. The fourth-order valence-corrected chi connectivity index (χ4v) is 18.9. The van der Waals surface area contributed by atoms with Crippen LogP contribution in [0.5, 0.6) is 0 Å². The van der Waals surface area contributed by atoms with Gasteiger partial charge in [-0.2, -0.15) is 54.5 Å². The highest BCUT2D eigenvalue weighted by atomic mass is 32.2. The Hall–Kier alpha value is -11.4. The number of hydrogen-bond acceptors (Lipinski definition) is 15. The number of allylic oxidation sites excluding steroid dienone is 7. The third-order valence-electron chi connectivity index (χ3n) is 24.3. The highest BCUT2D eigenvalue weighted by molar-refractivity contribution is 7.98. The molecule has 3 heterocycles. The first-order valence-electron chi connectivity index (χ1n) is 61.2. The van der Waals surface area contributed by atoms with Gasteiger partial charge in [-0.15, -0.1) is 0 Å². The molecule has 0 N–H and O–H groups in total. The lowest BCUT2D eigenvalue weighted by atomic mass is 9.82. The number of thioether (sulfide) groups is 3. The van der Waals surface area contributed by atoms with Gasteiger partial charge in [-0.3, -0.25) is 28.8 Å². The van der Waals surface area contributed by atoms with E-state index in [0.717, 1.165) is 76.0 Å². The number of nitrogens with zero attached hydrogens (tertiary/aromatic N) is 12. The smallest absolute Gasteiger partial charge is 0.336 e. The van der Waals surface area contributed by atoms with E-state index >= 15 is 0 Å². The molecule has 15 rings (SSSR count). The third-order valence-corrected chi connectivity index (χ3v) is 27.3. The Labute approximate surface area is 887 Å². The Bertz CT molecular complexity index is 8050. The number of halogens is 12. The Morgan fingerprint density at radius 2 is 0.819 bits per heavy atom. The number of rotatable bonds is 39. The second kappa shape index (κ2) is 50.6. The second-order valence-corrected chi connectivity index (χ2v) is 36.4. The SMILES string of the molecule is [2H]C1=C(C2=C([2H])C([2H])=C(C(F)(F)F)C(C)C2[2H])C([2H])C([2H])C(C([2H])([2H])N(CCN(CC)CC)C(=O)Cn2c(SCc3c([2H])c([2H])c(F)c([2H])c3[2H])nc(=O)c3c2CCC3)=C1[2H].[2H]c1c([2H])c(CSc2nc(=O)c3c(n2CC(=O)N(CCN(CC)CC)C([2H])(C)c2ccc(-c4ccc(C(F)(F)F)cc4)cc2)CCC3)c([2H])c([2H])c1F.[2H]c1c([2H])c(CSc2nc(=O)c3c(n2CC(=O)N(CCN(CC)CC)C([2H])([2H])c2ccc(-c4ccc(C(F)(F)F)cc4)cc2)C([2H])([2H])C([2H])(C)C3([2H])[2H])c([2H])c([2H])c1F. The van der Waals surface area contributed by atoms with Gasteiger partial charge in [-0.25, -0.2) is 13.2 Å². The Morgan fingerprint density at radius 3 is 1.23 bits per heavy atom. The van der Waals surface area contributed by atoms with Crippen LogP contribution in [0.1, 0.15) is 213 Å². The van der Waals surface area contributed by atoms with Crippen LogP contribution < -0.4 is 16.7 Å². The maximum atomic E-state index is 14.6. The second-order valence-electron chi connectivity index (χ2n) is 33.5. The van der Waals surface area contributed by atoms with Crippen molar-refractivity contribution >= 4 is 53.0 Å². The zero-order chi connectivity index (χ0) is 129. The van der Waals surface area contributed by atoms with Crippen LogP contribution in [-0.2, 0) is 109 Å². The fraction of sp³-hybridized carbons (Fsp3) is 0.414. The van der Waals surface area contributed by atoms with E-state index in [-0.39, 0.29) is 83.3 Å². The standard InChI is InChI=1S/2C37H40F4N4O2S.C37H44F4N4O2S/c1-4-43(5-2)18-19-44(22-26-6-10-28(11-7-26)29-12-14-30(15-13-29)37(39,40)41)34(46)23-45-33-21-25(3)20-32(33)35(47)42-36(45)48-24-27-8-16-31(38)17-9-27;1-4-43(5-2)21-22-44(25(3)27-11-13-28(14-12-27)29-15-17-30(18-16-29)37(39,40)41)34(46)23-45-33-8-6-7-32(33)35(47)42-36(45)48-24-26-9-19-31(38)20-10-26;1-4-43(5-2)19-20-44(22-26-9-13-28(14-10-26)29-15-18-32(25(3)21-29)37(39,40)41)34(46)23-45-33-8-6-7-31(33)35(47)42-36(45)48-24-27-11-16-30(38)17-12-27/h6-17,25H,4-5,18-24H2,1-3H3;9-20,25H,4-8,21-24H2,1-3H3;9,11-13,15-18,25H,4-8,10,14,19-24H2,1-3H3/i8D,9D,16D,17D,20D2,21D2,22D2,25D;9D,10D,19D,20D,25D;9D,10D,11D,12D,13D,14D,15D,16D,17D,18D,21D,22D2. The summed E-state index contributed by atoms with van der Waals surface area (Å²) in [5.41, 5.74) is -5.29. The lowest BCUT2D eigenvalue weighted by molar-refractivity contribution is -0.138. The average molecular weight is 2080 g/mol. The lowest BCUT2D eigenvalue weighted by Crippen LogP contribution is -2.42. The van der Waals surface area contributed by atoms with Crippen LogP contribution in [0.25, 0.3) is 22.3 Å². The van der Waals surface area contributed by atoms with E-state index in [9.17, 15) is 88.3 Å². The van der Waals surface area contributed by atoms with E-state index < -0.39 is 299 Å². The number of alkyl halides is 9. The molecule has 10 aromatic rings. The van der Waals surface area contributed by atoms with Gasteiger partial charge >= 0.3 is 18.5 Å². The molecule has 0 aliphatic heterocycles. The van der Waals surface area contributed by atoms with Crippen molar-refractivity contribution in [3.05, 3.63) is 337 Å². The minimum Gasteiger partial charge on any atom is -0.336 e. The van der Waals surface area contributed by atoms with E-state index in [1.54, 1.807) is 35.8 Å². The molecule has 6 unspecified atom stereocenters. The molecule has 0 bridgehead atoms. The largest absolute Gasteiger partial charge is 0.416 e. The van der Waals surface area contributed by atoms with Gasteiger partial charge in [-0.1, -0.05) is 230 Å². The topological polar surface area (TPSA) is 175 Å². The number of likely N-dealkylation sites (N-methyl/N-ethyl adjacent to an activating group) is 3. The number of carbonyl (C=O) groups is 3. The van der Waals surface area contributed by atoms with Gasteiger partial charge in [0.1, 0.15) is 37.1 Å². The molecule has 0 radical (unpaired) electrons. The molecule has 0 spiro atoms. The molecule has 33 heteroatoms. The maximum absolute atomic E-state index is 14.6. The molecule has 0 saturated heterocycles. The lowest BCUT2D eigenvalue weighted by Gasteiger charge is -2.33. The summed E-state index contributed by atoms with van der Waals surface area (Å²) < 4.78 is 416. The molecule has 6 atom stereocenters. The number of benzene rings is 7. The summed E-state index contributed by atoms with van der Waals surface area (Å²) in [7, 11) is 0. The van der Waals surface area contributed by atoms with E-state index in [1.807, 2.05) is 51.3 Å².